The van der Waals surface area contributed by atoms with Crippen molar-refractivity contribution in [1.82, 2.24) is 9.88 Å². The van der Waals surface area contributed by atoms with Crippen LogP contribution in [0.2, 0.25) is 0 Å². The zero-order valence-electron chi connectivity index (χ0n) is 15.7. The van der Waals surface area contributed by atoms with E-state index >= 15 is 0 Å². The normalized spacial score (nSPS) is 20.3. The van der Waals surface area contributed by atoms with Crippen LogP contribution in [0.25, 0.3) is 0 Å². The lowest BCUT2D eigenvalue weighted by Gasteiger charge is -2.34. The van der Waals surface area contributed by atoms with E-state index in [4.69, 9.17) is 15.4 Å². The number of fused-ring (bicyclic) bond motifs is 1. The molecule has 4 rings (SSSR count). The van der Waals surface area contributed by atoms with Gasteiger partial charge in [-0.2, -0.15) is 0 Å². The van der Waals surface area contributed by atoms with Gasteiger partial charge in [0.2, 0.25) is 11.8 Å². The van der Waals surface area contributed by atoms with Crippen LogP contribution in [0.3, 0.4) is 0 Å². The lowest BCUT2D eigenvalue weighted by Crippen LogP contribution is -2.38. The van der Waals surface area contributed by atoms with Gasteiger partial charge in [0, 0.05) is 55.0 Å². The second-order valence-corrected chi connectivity index (χ2v) is 8.86. The Morgan fingerprint density at radius 2 is 2.11 bits per heavy atom. The van der Waals surface area contributed by atoms with Crippen molar-refractivity contribution in [1.29, 1.82) is 0 Å². The van der Waals surface area contributed by atoms with E-state index in [0.29, 0.717) is 12.5 Å². The zero-order valence-corrected chi connectivity index (χ0v) is 17.3. The topological polar surface area (TPSA) is 25.4 Å². The molecule has 1 aromatic carbocycles. The number of nitrogens with zero attached hydrogens (tertiary/aromatic N) is 2. The van der Waals surface area contributed by atoms with Crippen LogP contribution in [0.5, 0.6) is 5.88 Å². The van der Waals surface area contributed by atoms with Gasteiger partial charge in [0.1, 0.15) is 0 Å². The fourth-order valence-electron chi connectivity index (χ4n) is 3.97. The minimum absolute atomic E-state index is 0.0696. The Morgan fingerprint density at radius 3 is 2.79 bits per heavy atom. The van der Waals surface area contributed by atoms with E-state index in [-0.39, 0.29) is 24.8 Å². The SMILES string of the molecule is CC(c1ccc(OCC2CC(F)(F)C2)nc1)N1CCc2ccc(SCl)cc2C1. The molecular formula is C21H23ClF2N2OS. The number of ether oxygens (including phenoxy) is 1. The highest BCUT2D eigenvalue weighted by atomic mass is 35.7. The molecule has 0 spiro atoms. The Morgan fingerprint density at radius 1 is 1.29 bits per heavy atom. The van der Waals surface area contributed by atoms with Crippen molar-refractivity contribution in [3.05, 3.63) is 53.2 Å². The number of benzene rings is 1. The Labute approximate surface area is 172 Å². The summed E-state index contributed by atoms with van der Waals surface area (Å²) in [5.74, 6) is -2.07. The molecule has 2 aromatic rings. The van der Waals surface area contributed by atoms with Crippen LogP contribution in [0.15, 0.2) is 41.4 Å². The quantitative estimate of drug-likeness (QED) is 0.579. The van der Waals surface area contributed by atoms with E-state index in [1.165, 1.54) is 22.1 Å². The van der Waals surface area contributed by atoms with Gasteiger partial charge in [-0.1, -0.05) is 12.1 Å². The molecule has 28 heavy (non-hydrogen) atoms. The molecule has 7 heteroatoms. The van der Waals surface area contributed by atoms with Crippen LogP contribution in [-0.2, 0) is 13.0 Å². The standard InChI is InChI=1S/C21H23ClF2N2OS/c1-14(26-7-6-16-2-4-19(28-22)8-18(16)12-26)17-3-5-20(25-11-17)27-13-15-9-21(23,24)10-15/h2-5,8,11,14-15H,6-7,9-10,12-13H2,1H3. The number of rotatable bonds is 6. The molecule has 0 saturated heterocycles. The summed E-state index contributed by atoms with van der Waals surface area (Å²) >= 11 is 0. The predicted octanol–water partition coefficient (Wildman–Crippen LogP) is 5.87. The molecule has 0 N–H and O–H groups in total. The smallest absolute Gasteiger partial charge is 0.248 e. The van der Waals surface area contributed by atoms with Gasteiger partial charge in [0.25, 0.3) is 0 Å². The third-order valence-electron chi connectivity index (χ3n) is 5.74. The summed E-state index contributed by atoms with van der Waals surface area (Å²) in [7, 11) is 7.15. The van der Waals surface area contributed by atoms with Crippen LogP contribution < -0.4 is 4.74 Å². The van der Waals surface area contributed by atoms with Crippen molar-refractivity contribution >= 4 is 21.7 Å². The van der Waals surface area contributed by atoms with E-state index in [1.54, 1.807) is 0 Å². The Hall–Kier alpha value is -1.37. The van der Waals surface area contributed by atoms with Crippen molar-refractivity contribution in [2.75, 3.05) is 13.2 Å². The van der Waals surface area contributed by atoms with E-state index < -0.39 is 5.92 Å². The van der Waals surface area contributed by atoms with Gasteiger partial charge in [0.05, 0.1) is 6.61 Å². The van der Waals surface area contributed by atoms with Crippen molar-refractivity contribution < 1.29 is 13.5 Å². The van der Waals surface area contributed by atoms with Crippen molar-refractivity contribution in [2.45, 2.75) is 49.6 Å². The van der Waals surface area contributed by atoms with Crippen molar-refractivity contribution in [2.24, 2.45) is 5.92 Å². The summed E-state index contributed by atoms with van der Waals surface area (Å²) in [6.45, 7) is 4.37. The second-order valence-electron chi connectivity index (χ2n) is 7.78. The zero-order chi connectivity index (χ0) is 19.7. The van der Waals surface area contributed by atoms with Gasteiger partial charge in [-0.05, 0) is 63.8 Å². The lowest BCUT2D eigenvalue weighted by molar-refractivity contribution is -0.119. The summed E-state index contributed by atoms with van der Waals surface area (Å²) in [5, 5.41) is 0. The number of hydrogen-bond acceptors (Lipinski definition) is 4. The number of alkyl halides is 2. The van der Waals surface area contributed by atoms with Crippen LogP contribution in [0.1, 0.15) is 42.5 Å². The summed E-state index contributed by atoms with van der Waals surface area (Å²) in [4.78, 5) is 7.88. The molecular weight excluding hydrogens is 402 g/mol. The van der Waals surface area contributed by atoms with Gasteiger partial charge in [-0.3, -0.25) is 4.90 Å². The number of aromatic nitrogens is 1. The molecule has 1 unspecified atom stereocenters. The maximum Gasteiger partial charge on any atom is 0.248 e. The van der Waals surface area contributed by atoms with Crippen molar-refractivity contribution in [3.8, 4) is 5.88 Å². The van der Waals surface area contributed by atoms with Crippen LogP contribution in [0, 0.1) is 5.92 Å². The molecule has 2 heterocycles. The third-order valence-corrected chi connectivity index (χ3v) is 6.71. The third kappa shape index (κ3) is 4.44. The maximum atomic E-state index is 12.9. The molecule has 1 atom stereocenters. The predicted molar refractivity (Wildman–Crippen MR) is 108 cm³/mol. The van der Waals surface area contributed by atoms with Gasteiger partial charge in [-0.15, -0.1) is 0 Å². The minimum atomic E-state index is -2.50. The number of hydrogen-bond donors (Lipinski definition) is 0. The molecule has 1 saturated carbocycles. The largest absolute Gasteiger partial charge is 0.477 e. The molecule has 150 valence electrons. The molecule has 0 bridgehead atoms. The fraction of sp³-hybridized carbons (Fsp3) is 0.476. The highest BCUT2D eigenvalue weighted by Gasteiger charge is 2.45. The average molecular weight is 425 g/mol. The summed E-state index contributed by atoms with van der Waals surface area (Å²) < 4.78 is 31.4. The Kier molecular flexibility index (Phi) is 5.81. The molecule has 1 fully saturated rings. The fourth-order valence-corrected chi connectivity index (χ4v) is 4.57. The first-order valence-electron chi connectivity index (χ1n) is 9.54. The van der Waals surface area contributed by atoms with Gasteiger partial charge >= 0.3 is 0 Å². The first kappa shape index (κ1) is 19.9. The van der Waals surface area contributed by atoms with Gasteiger partial charge in [0.15, 0.2) is 0 Å². The molecule has 1 aromatic heterocycles. The second kappa shape index (κ2) is 8.17. The molecule has 0 amide bonds. The van der Waals surface area contributed by atoms with Gasteiger partial charge < -0.3 is 4.74 Å². The first-order chi connectivity index (χ1) is 13.4. The molecule has 3 nitrogen and oxygen atoms in total. The number of pyridine rings is 1. The average Bonchev–Trinajstić information content (AvgIpc) is 2.69. The van der Waals surface area contributed by atoms with E-state index in [2.05, 4.69) is 35.0 Å². The van der Waals surface area contributed by atoms with E-state index in [1.807, 2.05) is 18.3 Å². The van der Waals surface area contributed by atoms with Gasteiger partial charge in [-0.25, -0.2) is 13.8 Å². The van der Waals surface area contributed by atoms with E-state index in [0.717, 1.165) is 30.0 Å². The summed E-state index contributed by atoms with van der Waals surface area (Å²) in [6.07, 6.45) is 2.69. The molecule has 1 aliphatic heterocycles. The van der Waals surface area contributed by atoms with Crippen molar-refractivity contribution in [3.63, 3.8) is 0 Å². The van der Waals surface area contributed by atoms with Crippen LogP contribution >= 0.6 is 21.7 Å². The van der Waals surface area contributed by atoms with Crippen LogP contribution in [0.4, 0.5) is 8.78 Å². The van der Waals surface area contributed by atoms with Crippen LogP contribution in [-0.4, -0.2) is 29.0 Å². The monoisotopic (exact) mass is 424 g/mol. The Bertz CT molecular complexity index is 826. The van der Waals surface area contributed by atoms with E-state index in [9.17, 15) is 8.78 Å². The summed E-state index contributed by atoms with van der Waals surface area (Å²) in [5.41, 5.74) is 3.84. The minimum Gasteiger partial charge on any atom is -0.477 e. The summed E-state index contributed by atoms with van der Waals surface area (Å²) in [6, 6.07) is 10.5. The Balaban J connectivity index is 1.35. The first-order valence-corrected chi connectivity index (χ1v) is 11.2. The maximum absolute atomic E-state index is 12.9. The lowest BCUT2D eigenvalue weighted by atomic mass is 9.82. The molecule has 0 radical (unpaired) electrons. The highest BCUT2D eigenvalue weighted by molar-refractivity contribution is 8.21. The number of halogens is 3. The highest BCUT2D eigenvalue weighted by Crippen LogP contribution is 2.42. The molecule has 1 aliphatic carbocycles. The molecule has 2 aliphatic rings.